The number of nitrogens with zero attached hydrogens (tertiary/aromatic N) is 4. The predicted octanol–water partition coefficient (Wildman–Crippen LogP) is 3.98. The van der Waals surface area contributed by atoms with Crippen molar-refractivity contribution >= 4 is 46.8 Å². The lowest BCUT2D eigenvalue weighted by atomic mass is 10.1. The molecule has 1 amide bonds. The molecule has 0 radical (unpaired) electrons. The van der Waals surface area contributed by atoms with Crippen molar-refractivity contribution in [3.05, 3.63) is 60.7 Å². The molecule has 0 atom stereocenters. The van der Waals surface area contributed by atoms with E-state index in [1.165, 1.54) is 0 Å². The maximum atomic E-state index is 14.3. The molecule has 1 fully saturated rings. The van der Waals surface area contributed by atoms with E-state index in [-0.39, 0.29) is 22.4 Å². The Labute approximate surface area is 208 Å². The molecule has 1 aliphatic heterocycles. The molecule has 3 N–H and O–H groups in total. The first kappa shape index (κ1) is 23.3. The molecule has 0 spiro atoms. The van der Waals surface area contributed by atoms with Crippen LogP contribution in [0.25, 0.3) is 22.2 Å². The molecule has 3 heterocycles. The number of hydrogen-bond donors (Lipinski definition) is 4. The SMILES string of the molecule is CN1CCN(CC(=O)Nc2cccc3c(-c4ccnc(Nc5cccc(S)c5F)n4)c[nH]c23)CC1. The number of thiol groups is 1. The minimum atomic E-state index is -0.464. The van der Waals surface area contributed by atoms with Gasteiger partial charge in [-0.1, -0.05) is 18.2 Å². The number of piperazine rings is 1. The van der Waals surface area contributed by atoms with E-state index in [1.54, 1.807) is 30.5 Å². The molecular formula is C25H26FN7OS. The number of fused-ring (bicyclic) bond motifs is 1. The Morgan fingerprint density at radius 3 is 2.71 bits per heavy atom. The van der Waals surface area contributed by atoms with E-state index >= 15 is 0 Å². The van der Waals surface area contributed by atoms with Crippen LogP contribution in [0.3, 0.4) is 0 Å². The van der Waals surface area contributed by atoms with Crippen LogP contribution >= 0.6 is 12.6 Å². The molecule has 180 valence electrons. The monoisotopic (exact) mass is 491 g/mol. The number of nitrogens with one attached hydrogen (secondary N) is 3. The van der Waals surface area contributed by atoms with Crippen molar-refractivity contribution in [1.82, 2.24) is 24.8 Å². The molecule has 0 unspecified atom stereocenters. The van der Waals surface area contributed by atoms with Crippen LogP contribution in [0.1, 0.15) is 0 Å². The average molecular weight is 492 g/mol. The third-order valence-electron chi connectivity index (χ3n) is 6.11. The van der Waals surface area contributed by atoms with Crippen molar-refractivity contribution in [2.75, 3.05) is 50.4 Å². The zero-order valence-corrected chi connectivity index (χ0v) is 20.1. The Morgan fingerprint density at radius 1 is 1.11 bits per heavy atom. The molecule has 0 aliphatic carbocycles. The number of halogens is 1. The zero-order chi connectivity index (χ0) is 24.4. The number of rotatable bonds is 6. The van der Waals surface area contributed by atoms with Gasteiger partial charge in [0.25, 0.3) is 0 Å². The van der Waals surface area contributed by atoms with Crippen LogP contribution in [0.15, 0.2) is 59.8 Å². The first-order chi connectivity index (χ1) is 17.0. The van der Waals surface area contributed by atoms with Crippen LogP contribution in [-0.2, 0) is 4.79 Å². The van der Waals surface area contributed by atoms with Crippen LogP contribution in [-0.4, -0.2) is 70.4 Å². The number of aromatic nitrogens is 3. The summed E-state index contributed by atoms with van der Waals surface area (Å²) in [6.45, 7) is 4.06. The van der Waals surface area contributed by atoms with Crippen molar-refractivity contribution in [2.24, 2.45) is 0 Å². The van der Waals surface area contributed by atoms with Crippen molar-refractivity contribution < 1.29 is 9.18 Å². The molecule has 1 saturated heterocycles. The summed E-state index contributed by atoms with van der Waals surface area (Å²) in [4.78, 5) is 29.4. The number of hydrogen-bond acceptors (Lipinski definition) is 7. The Kier molecular flexibility index (Phi) is 6.67. The Bertz CT molecular complexity index is 1370. The smallest absolute Gasteiger partial charge is 0.238 e. The number of para-hydroxylation sites is 1. The summed E-state index contributed by atoms with van der Waals surface area (Å²) < 4.78 is 14.3. The standard InChI is InChI=1S/C25H26FN7OS/c1-32-10-12-33(13-11-32)15-22(34)29-20-6-2-4-16-17(14-28-24(16)20)18-8-9-27-25(30-18)31-19-5-3-7-21(35)23(19)26/h2-9,14,28,35H,10-13,15H2,1H3,(H,29,34)(H,27,30,31). The van der Waals surface area contributed by atoms with Gasteiger partial charge in [-0.05, 0) is 31.3 Å². The quantitative estimate of drug-likeness (QED) is 0.305. The van der Waals surface area contributed by atoms with Gasteiger partial charge in [-0.3, -0.25) is 9.69 Å². The molecule has 2 aromatic carbocycles. The lowest BCUT2D eigenvalue weighted by Crippen LogP contribution is -2.47. The van der Waals surface area contributed by atoms with E-state index in [2.05, 4.69) is 55.1 Å². The summed E-state index contributed by atoms with van der Waals surface area (Å²) in [5.41, 5.74) is 3.30. The summed E-state index contributed by atoms with van der Waals surface area (Å²) in [5, 5.41) is 6.88. The summed E-state index contributed by atoms with van der Waals surface area (Å²) in [6.07, 6.45) is 3.47. The molecule has 35 heavy (non-hydrogen) atoms. The number of H-pyrrole nitrogens is 1. The molecule has 4 aromatic rings. The summed E-state index contributed by atoms with van der Waals surface area (Å²) in [7, 11) is 2.09. The van der Waals surface area contributed by atoms with E-state index in [9.17, 15) is 9.18 Å². The molecule has 5 rings (SSSR count). The van der Waals surface area contributed by atoms with Crippen LogP contribution in [0.4, 0.5) is 21.7 Å². The van der Waals surface area contributed by atoms with Gasteiger partial charge in [-0.2, -0.15) is 0 Å². The number of carbonyl (C=O) groups excluding carboxylic acids is 1. The highest BCUT2D eigenvalue weighted by Gasteiger charge is 2.18. The van der Waals surface area contributed by atoms with Gasteiger partial charge in [-0.25, -0.2) is 14.4 Å². The van der Waals surface area contributed by atoms with Gasteiger partial charge in [0.1, 0.15) is 0 Å². The van der Waals surface area contributed by atoms with Crippen LogP contribution in [0.2, 0.25) is 0 Å². The van der Waals surface area contributed by atoms with Gasteiger partial charge in [0.15, 0.2) is 5.82 Å². The van der Waals surface area contributed by atoms with E-state index in [1.807, 2.05) is 24.4 Å². The molecule has 0 saturated carbocycles. The predicted molar refractivity (Wildman–Crippen MR) is 139 cm³/mol. The highest BCUT2D eigenvalue weighted by molar-refractivity contribution is 7.80. The lowest BCUT2D eigenvalue weighted by molar-refractivity contribution is -0.117. The number of anilines is 3. The molecule has 0 bridgehead atoms. The highest BCUT2D eigenvalue weighted by atomic mass is 32.1. The Morgan fingerprint density at radius 2 is 1.89 bits per heavy atom. The van der Waals surface area contributed by atoms with Gasteiger partial charge >= 0.3 is 0 Å². The molecule has 8 nitrogen and oxygen atoms in total. The number of amides is 1. The first-order valence-corrected chi connectivity index (χ1v) is 11.8. The van der Waals surface area contributed by atoms with E-state index in [0.29, 0.717) is 17.9 Å². The minimum Gasteiger partial charge on any atom is -0.359 e. The van der Waals surface area contributed by atoms with Crippen LogP contribution < -0.4 is 10.6 Å². The second-order valence-corrected chi connectivity index (χ2v) is 9.07. The number of carbonyl (C=O) groups is 1. The van der Waals surface area contributed by atoms with Crippen molar-refractivity contribution in [2.45, 2.75) is 4.90 Å². The van der Waals surface area contributed by atoms with Gasteiger partial charge in [0.2, 0.25) is 11.9 Å². The minimum absolute atomic E-state index is 0.0415. The van der Waals surface area contributed by atoms with E-state index in [4.69, 9.17) is 0 Å². The van der Waals surface area contributed by atoms with Gasteiger partial charge in [0, 0.05) is 54.4 Å². The lowest BCUT2D eigenvalue weighted by Gasteiger charge is -2.31. The van der Waals surface area contributed by atoms with Gasteiger partial charge < -0.3 is 20.5 Å². The normalized spacial score (nSPS) is 14.8. The van der Waals surface area contributed by atoms with E-state index in [0.717, 1.165) is 42.6 Å². The number of benzene rings is 2. The summed E-state index contributed by atoms with van der Waals surface area (Å²) in [5.74, 6) is -0.236. The third kappa shape index (κ3) is 5.14. The van der Waals surface area contributed by atoms with Crippen LogP contribution in [0, 0.1) is 5.82 Å². The Hall–Kier alpha value is -3.47. The molecular weight excluding hydrogens is 465 g/mol. The summed E-state index contributed by atoms with van der Waals surface area (Å²) in [6, 6.07) is 12.4. The topological polar surface area (TPSA) is 89.2 Å². The van der Waals surface area contributed by atoms with Crippen molar-refractivity contribution in [3.8, 4) is 11.3 Å². The average Bonchev–Trinajstić information content (AvgIpc) is 3.29. The second-order valence-electron chi connectivity index (χ2n) is 8.59. The molecule has 10 heteroatoms. The largest absolute Gasteiger partial charge is 0.359 e. The van der Waals surface area contributed by atoms with Gasteiger partial charge in [-0.15, -0.1) is 12.6 Å². The van der Waals surface area contributed by atoms with Gasteiger partial charge in [0.05, 0.1) is 29.1 Å². The Balaban J connectivity index is 1.36. The zero-order valence-electron chi connectivity index (χ0n) is 19.3. The van der Waals surface area contributed by atoms with E-state index < -0.39 is 5.82 Å². The highest BCUT2D eigenvalue weighted by Crippen LogP contribution is 2.32. The fourth-order valence-electron chi connectivity index (χ4n) is 4.17. The maximum Gasteiger partial charge on any atom is 0.238 e. The van der Waals surface area contributed by atoms with Crippen LogP contribution in [0.5, 0.6) is 0 Å². The molecule has 1 aliphatic rings. The molecule has 2 aromatic heterocycles. The maximum absolute atomic E-state index is 14.3. The first-order valence-electron chi connectivity index (χ1n) is 11.4. The second kappa shape index (κ2) is 10.0. The number of aromatic amines is 1. The van der Waals surface area contributed by atoms with Crippen molar-refractivity contribution in [1.29, 1.82) is 0 Å². The van der Waals surface area contributed by atoms with Crippen molar-refractivity contribution in [3.63, 3.8) is 0 Å². The fourth-order valence-corrected chi connectivity index (χ4v) is 4.38. The third-order valence-corrected chi connectivity index (χ3v) is 6.45. The fraction of sp³-hybridized carbons (Fsp3) is 0.240. The number of likely N-dealkylation sites (N-methyl/N-ethyl adjacent to an activating group) is 1. The summed E-state index contributed by atoms with van der Waals surface area (Å²) >= 11 is 4.12.